The number of hydrogen-bond acceptors (Lipinski definition) is 4. The fraction of sp³-hybridized carbons (Fsp3) is 0.600. The van der Waals surface area contributed by atoms with Crippen molar-refractivity contribution in [3.05, 3.63) is 34.3 Å². The van der Waals surface area contributed by atoms with Gasteiger partial charge >= 0.3 is 0 Å². The molecule has 1 aromatic rings. The van der Waals surface area contributed by atoms with Gasteiger partial charge in [0.1, 0.15) is 0 Å². The van der Waals surface area contributed by atoms with Crippen molar-refractivity contribution in [1.29, 1.82) is 0 Å². The molecule has 0 amide bonds. The van der Waals surface area contributed by atoms with Gasteiger partial charge in [-0.05, 0) is 24.1 Å². The summed E-state index contributed by atoms with van der Waals surface area (Å²) in [7, 11) is 0. The molecule has 2 rings (SSSR count). The zero-order chi connectivity index (χ0) is 14.0. The summed E-state index contributed by atoms with van der Waals surface area (Å²) in [4.78, 5) is 0. The Morgan fingerprint density at radius 1 is 0.850 bits per heavy atom. The molecule has 0 aromatic heterocycles. The van der Waals surface area contributed by atoms with E-state index in [9.17, 15) is 0 Å². The van der Waals surface area contributed by atoms with Gasteiger partial charge in [0.15, 0.2) is 0 Å². The third-order valence-electron chi connectivity index (χ3n) is 3.48. The van der Waals surface area contributed by atoms with Crippen molar-refractivity contribution in [2.45, 2.75) is 12.5 Å². The van der Waals surface area contributed by atoms with Crippen LogP contribution in [0, 0.1) is 0 Å². The summed E-state index contributed by atoms with van der Waals surface area (Å²) in [6.45, 7) is 7.20. The smallest absolute Gasteiger partial charge is 0.0233 e. The highest BCUT2D eigenvalue weighted by Crippen LogP contribution is 2.11. The van der Waals surface area contributed by atoms with Crippen molar-refractivity contribution in [2.75, 3.05) is 45.8 Å². The van der Waals surface area contributed by atoms with Crippen LogP contribution in [0.15, 0.2) is 28.7 Å². The van der Waals surface area contributed by atoms with Crippen LogP contribution in [-0.2, 0) is 6.42 Å². The van der Waals surface area contributed by atoms with E-state index in [1.807, 2.05) is 0 Å². The summed E-state index contributed by atoms with van der Waals surface area (Å²) >= 11 is 3.49. The van der Waals surface area contributed by atoms with Crippen molar-refractivity contribution in [3.8, 4) is 0 Å². The highest BCUT2D eigenvalue weighted by Gasteiger charge is 2.09. The van der Waals surface area contributed by atoms with Gasteiger partial charge in [0, 0.05) is 56.3 Å². The summed E-state index contributed by atoms with van der Waals surface area (Å²) in [5, 5.41) is 14.0. The predicted molar refractivity (Wildman–Crippen MR) is 88.2 cm³/mol. The Hall–Kier alpha value is -0.460. The number of hydrogen-bond donors (Lipinski definition) is 4. The topological polar surface area (TPSA) is 48.1 Å². The molecule has 0 bridgehead atoms. The minimum Gasteiger partial charge on any atom is -0.314 e. The Kier molecular flexibility index (Phi) is 7.54. The Morgan fingerprint density at radius 3 is 2.15 bits per heavy atom. The minimum atomic E-state index is 0.484. The van der Waals surface area contributed by atoms with Crippen molar-refractivity contribution < 1.29 is 0 Å². The van der Waals surface area contributed by atoms with E-state index < -0.39 is 0 Å². The van der Waals surface area contributed by atoms with Gasteiger partial charge in [0.25, 0.3) is 0 Å². The standard InChI is InChI=1S/C15H25BrN4/c16-14-3-1-13(2-4-14)11-15-12-19-8-7-17-5-6-18-9-10-20-15/h1-4,15,17-20H,5-12H2. The normalized spacial score (nSPS) is 22.8. The molecular formula is C15H25BrN4. The van der Waals surface area contributed by atoms with Crippen LogP contribution in [0.25, 0.3) is 0 Å². The van der Waals surface area contributed by atoms with Crippen LogP contribution in [-0.4, -0.2) is 51.9 Å². The summed E-state index contributed by atoms with van der Waals surface area (Å²) in [6, 6.07) is 9.11. The molecular weight excluding hydrogens is 316 g/mol. The highest BCUT2D eigenvalue weighted by atomic mass is 79.9. The third-order valence-corrected chi connectivity index (χ3v) is 4.01. The van der Waals surface area contributed by atoms with Crippen LogP contribution in [0.4, 0.5) is 0 Å². The quantitative estimate of drug-likeness (QED) is 0.641. The molecule has 4 nitrogen and oxygen atoms in total. The number of rotatable bonds is 2. The van der Waals surface area contributed by atoms with Crippen molar-refractivity contribution in [1.82, 2.24) is 21.3 Å². The van der Waals surface area contributed by atoms with E-state index in [-0.39, 0.29) is 0 Å². The van der Waals surface area contributed by atoms with Gasteiger partial charge in [-0.1, -0.05) is 28.1 Å². The molecule has 1 heterocycles. The minimum absolute atomic E-state index is 0.484. The lowest BCUT2D eigenvalue weighted by atomic mass is 10.1. The Balaban J connectivity index is 1.83. The van der Waals surface area contributed by atoms with Crippen LogP contribution in [0.2, 0.25) is 0 Å². The van der Waals surface area contributed by atoms with Crippen molar-refractivity contribution >= 4 is 15.9 Å². The molecule has 1 aliphatic heterocycles. The number of halogens is 1. The average Bonchev–Trinajstić information content (AvgIpc) is 2.44. The van der Waals surface area contributed by atoms with Crippen LogP contribution < -0.4 is 21.3 Å². The molecule has 20 heavy (non-hydrogen) atoms. The molecule has 1 saturated heterocycles. The first-order chi connectivity index (χ1) is 9.84. The molecule has 4 N–H and O–H groups in total. The number of benzene rings is 1. The molecule has 0 radical (unpaired) electrons. The molecule has 0 spiro atoms. The van der Waals surface area contributed by atoms with Gasteiger partial charge < -0.3 is 21.3 Å². The lowest BCUT2D eigenvalue weighted by Gasteiger charge is -2.21. The maximum atomic E-state index is 3.64. The molecule has 5 heteroatoms. The molecule has 1 aliphatic rings. The van der Waals surface area contributed by atoms with Crippen LogP contribution >= 0.6 is 15.9 Å². The average molecular weight is 341 g/mol. The van der Waals surface area contributed by atoms with E-state index in [0.717, 1.165) is 56.7 Å². The summed E-state index contributed by atoms with van der Waals surface area (Å²) in [5.41, 5.74) is 1.38. The lowest BCUT2D eigenvalue weighted by Crippen LogP contribution is -2.46. The molecule has 1 fully saturated rings. The largest absolute Gasteiger partial charge is 0.314 e. The molecule has 0 aliphatic carbocycles. The van der Waals surface area contributed by atoms with Crippen molar-refractivity contribution in [2.24, 2.45) is 0 Å². The second-order valence-electron chi connectivity index (χ2n) is 5.19. The first-order valence-electron chi connectivity index (χ1n) is 7.44. The van der Waals surface area contributed by atoms with E-state index in [2.05, 4.69) is 61.5 Å². The molecule has 1 unspecified atom stereocenters. The van der Waals surface area contributed by atoms with E-state index in [4.69, 9.17) is 0 Å². The monoisotopic (exact) mass is 340 g/mol. The molecule has 1 atom stereocenters. The van der Waals surface area contributed by atoms with E-state index in [1.165, 1.54) is 5.56 Å². The zero-order valence-electron chi connectivity index (χ0n) is 11.9. The summed E-state index contributed by atoms with van der Waals surface area (Å²) in [5.74, 6) is 0. The van der Waals surface area contributed by atoms with Gasteiger partial charge in [-0.2, -0.15) is 0 Å². The highest BCUT2D eigenvalue weighted by molar-refractivity contribution is 9.10. The molecule has 0 saturated carbocycles. The lowest BCUT2D eigenvalue weighted by molar-refractivity contribution is 0.450. The van der Waals surface area contributed by atoms with Crippen molar-refractivity contribution in [3.63, 3.8) is 0 Å². The SMILES string of the molecule is Brc1ccc(CC2CNCCNCCNCCN2)cc1. The fourth-order valence-corrected chi connectivity index (χ4v) is 2.63. The Labute approximate surface area is 130 Å². The van der Waals surface area contributed by atoms with Crippen LogP contribution in [0.3, 0.4) is 0 Å². The van der Waals surface area contributed by atoms with Crippen LogP contribution in [0.1, 0.15) is 5.56 Å². The second-order valence-corrected chi connectivity index (χ2v) is 6.10. The second kappa shape index (κ2) is 9.47. The van der Waals surface area contributed by atoms with Crippen LogP contribution in [0.5, 0.6) is 0 Å². The Morgan fingerprint density at radius 2 is 1.45 bits per heavy atom. The van der Waals surface area contributed by atoms with E-state index in [1.54, 1.807) is 0 Å². The van der Waals surface area contributed by atoms with E-state index in [0.29, 0.717) is 6.04 Å². The molecule has 112 valence electrons. The maximum absolute atomic E-state index is 3.64. The van der Waals surface area contributed by atoms with Gasteiger partial charge in [-0.25, -0.2) is 0 Å². The van der Waals surface area contributed by atoms with E-state index >= 15 is 0 Å². The third kappa shape index (κ3) is 6.33. The predicted octanol–water partition coefficient (Wildman–Crippen LogP) is 0.732. The Bertz CT molecular complexity index is 357. The summed E-state index contributed by atoms with van der Waals surface area (Å²) < 4.78 is 1.14. The van der Waals surface area contributed by atoms with Gasteiger partial charge in [0.05, 0.1) is 0 Å². The first kappa shape index (κ1) is 15.9. The van der Waals surface area contributed by atoms with Gasteiger partial charge in [-0.3, -0.25) is 0 Å². The zero-order valence-corrected chi connectivity index (χ0v) is 13.5. The fourth-order valence-electron chi connectivity index (χ4n) is 2.37. The van der Waals surface area contributed by atoms with Gasteiger partial charge in [-0.15, -0.1) is 0 Å². The van der Waals surface area contributed by atoms with Gasteiger partial charge in [0.2, 0.25) is 0 Å². The molecule has 1 aromatic carbocycles. The first-order valence-corrected chi connectivity index (χ1v) is 8.24. The summed E-state index contributed by atoms with van der Waals surface area (Å²) in [6.07, 6.45) is 1.06. The maximum Gasteiger partial charge on any atom is 0.0233 e. The number of nitrogens with one attached hydrogen (secondary N) is 4.